The summed E-state index contributed by atoms with van der Waals surface area (Å²) in [5.41, 5.74) is 2.27. The summed E-state index contributed by atoms with van der Waals surface area (Å²) in [6, 6.07) is 22.2. The highest BCUT2D eigenvalue weighted by Crippen LogP contribution is 2.23. The molecule has 6 heteroatoms. The van der Waals surface area contributed by atoms with Crippen LogP contribution in [0.1, 0.15) is 10.4 Å². The Bertz CT molecular complexity index is 1040. The molecule has 0 aliphatic heterocycles. The van der Waals surface area contributed by atoms with E-state index in [0.717, 1.165) is 16.6 Å². The first kappa shape index (κ1) is 15.7. The van der Waals surface area contributed by atoms with E-state index in [2.05, 4.69) is 25.8 Å². The number of pyridine rings is 1. The monoisotopic (exact) mass is 341 g/mol. The van der Waals surface area contributed by atoms with E-state index in [4.69, 9.17) is 0 Å². The van der Waals surface area contributed by atoms with E-state index in [1.165, 1.54) is 0 Å². The molecule has 0 radical (unpaired) electrons. The maximum atomic E-state index is 12.1. The normalized spacial score (nSPS) is 10.5. The van der Waals surface area contributed by atoms with Crippen LogP contribution in [0.25, 0.3) is 10.9 Å². The molecule has 126 valence electrons. The van der Waals surface area contributed by atoms with Crippen LogP contribution in [0.3, 0.4) is 0 Å². The van der Waals surface area contributed by atoms with Crippen molar-refractivity contribution < 1.29 is 4.79 Å². The van der Waals surface area contributed by atoms with Crippen LogP contribution in [0.2, 0.25) is 0 Å². The van der Waals surface area contributed by atoms with Crippen LogP contribution in [0.5, 0.6) is 0 Å². The van der Waals surface area contributed by atoms with E-state index in [-0.39, 0.29) is 5.91 Å². The zero-order chi connectivity index (χ0) is 17.8. The van der Waals surface area contributed by atoms with Crippen molar-refractivity contribution in [3.05, 3.63) is 84.6 Å². The molecule has 0 saturated carbocycles. The number of rotatable bonds is 4. The molecule has 26 heavy (non-hydrogen) atoms. The molecule has 0 aliphatic carbocycles. The lowest BCUT2D eigenvalue weighted by Gasteiger charge is -2.08. The number of carbonyl (C=O) groups is 1. The van der Waals surface area contributed by atoms with Crippen LogP contribution < -0.4 is 10.6 Å². The summed E-state index contributed by atoms with van der Waals surface area (Å²) in [4.78, 5) is 16.5. The van der Waals surface area contributed by atoms with Gasteiger partial charge >= 0.3 is 0 Å². The third kappa shape index (κ3) is 3.34. The summed E-state index contributed by atoms with van der Waals surface area (Å²) in [6.07, 6.45) is 1.75. The number of para-hydroxylation sites is 1. The van der Waals surface area contributed by atoms with Crippen LogP contribution >= 0.6 is 0 Å². The lowest BCUT2D eigenvalue weighted by Crippen LogP contribution is -2.13. The van der Waals surface area contributed by atoms with E-state index in [0.29, 0.717) is 17.2 Å². The Hall–Kier alpha value is -3.80. The molecule has 6 nitrogen and oxygen atoms in total. The molecule has 2 heterocycles. The molecular weight excluding hydrogens is 326 g/mol. The fourth-order valence-corrected chi connectivity index (χ4v) is 2.59. The van der Waals surface area contributed by atoms with E-state index in [9.17, 15) is 4.79 Å². The van der Waals surface area contributed by atoms with Gasteiger partial charge in [-0.05, 0) is 36.4 Å². The molecule has 1 amide bonds. The summed E-state index contributed by atoms with van der Waals surface area (Å²) < 4.78 is 0. The first-order valence-electron chi connectivity index (χ1n) is 8.10. The first-order valence-corrected chi connectivity index (χ1v) is 8.10. The predicted molar refractivity (Wildman–Crippen MR) is 101 cm³/mol. The molecule has 4 rings (SSSR count). The van der Waals surface area contributed by atoms with Gasteiger partial charge in [0, 0.05) is 17.1 Å². The van der Waals surface area contributed by atoms with E-state index >= 15 is 0 Å². The van der Waals surface area contributed by atoms with Gasteiger partial charge in [0.25, 0.3) is 5.91 Å². The average Bonchev–Trinajstić information content (AvgIpc) is 2.70. The van der Waals surface area contributed by atoms with Gasteiger partial charge < -0.3 is 10.6 Å². The van der Waals surface area contributed by atoms with Crippen molar-refractivity contribution in [2.45, 2.75) is 0 Å². The van der Waals surface area contributed by atoms with Gasteiger partial charge in [0.1, 0.15) is 0 Å². The number of nitrogens with zero attached hydrogens (tertiary/aromatic N) is 3. The van der Waals surface area contributed by atoms with Gasteiger partial charge in [-0.2, -0.15) is 0 Å². The summed E-state index contributed by atoms with van der Waals surface area (Å²) in [5.74, 6) is 0.736. The molecule has 0 unspecified atom stereocenters. The van der Waals surface area contributed by atoms with Gasteiger partial charge in [-0.15, -0.1) is 10.2 Å². The third-order valence-corrected chi connectivity index (χ3v) is 3.84. The third-order valence-electron chi connectivity index (χ3n) is 3.84. The van der Waals surface area contributed by atoms with Gasteiger partial charge in [-0.1, -0.05) is 36.4 Å². The second-order valence-corrected chi connectivity index (χ2v) is 5.63. The molecule has 2 aromatic carbocycles. The average molecular weight is 341 g/mol. The number of hydrogen-bond acceptors (Lipinski definition) is 5. The second kappa shape index (κ2) is 6.98. The van der Waals surface area contributed by atoms with Crippen molar-refractivity contribution >= 4 is 34.1 Å². The fraction of sp³-hybridized carbons (Fsp3) is 0. The highest BCUT2D eigenvalue weighted by Gasteiger charge is 2.07. The van der Waals surface area contributed by atoms with Crippen molar-refractivity contribution in [1.29, 1.82) is 0 Å². The summed E-state index contributed by atoms with van der Waals surface area (Å²) in [5, 5.41) is 15.2. The van der Waals surface area contributed by atoms with Crippen molar-refractivity contribution in [3.8, 4) is 0 Å². The van der Waals surface area contributed by atoms with Crippen LogP contribution in [0.15, 0.2) is 79.0 Å². The Morgan fingerprint density at radius 3 is 2.35 bits per heavy atom. The zero-order valence-corrected chi connectivity index (χ0v) is 13.8. The topological polar surface area (TPSA) is 79.8 Å². The number of benzene rings is 2. The molecule has 0 saturated heterocycles. The minimum absolute atomic E-state index is 0.223. The molecule has 2 aromatic heterocycles. The van der Waals surface area contributed by atoms with Gasteiger partial charge in [0.2, 0.25) is 0 Å². The molecule has 0 spiro atoms. The smallest absolute Gasteiger partial charge is 0.256 e. The van der Waals surface area contributed by atoms with Gasteiger partial charge in [0.05, 0.1) is 11.2 Å². The largest absolute Gasteiger partial charge is 0.337 e. The number of fused-ring (bicyclic) bond motifs is 1. The van der Waals surface area contributed by atoms with Crippen LogP contribution in [-0.2, 0) is 0 Å². The Labute approximate surface area is 149 Å². The number of carbonyl (C=O) groups excluding carboxylic acids is 1. The second-order valence-electron chi connectivity index (χ2n) is 5.63. The summed E-state index contributed by atoms with van der Waals surface area (Å²) in [6.45, 7) is 0. The molecule has 0 fully saturated rings. The molecule has 2 N–H and O–H groups in total. The predicted octanol–water partition coefficient (Wildman–Crippen LogP) is 4.02. The minimum atomic E-state index is -0.223. The SMILES string of the molecule is O=C(Nc1ccc(Nc2cccc3cccnc23)nn1)c1ccccc1. The first-order chi connectivity index (χ1) is 12.8. The zero-order valence-electron chi connectivity index (χ0n) is 13.8. The molecule has 0 bridgehead atoms. The van der Waals surface area contributed by atoms with Crippen molar-refractivity contribution in [1.82, 2.24) is 15.2 Å². The van der Waals surface area contributed by atoms with Gasteiger partial charge in [-0.25, -0.2) is 0 Å². The Balaban J connectivity index is 1.50. The lowest BCUT2D eigenvalue weighted by atomic mass is 10.2. The lowest BCUT2D eigenvalue weighted by molar-refractivity contribution is 0.102. The maximum Gasteiger partial charge on any atom is 0.256 e. The standard InChI is InChI=1S/C20H15N5O/c26-20(15-6-2-1-3-7-15)23-18-12-11-17(24-25-18)22-16-10-4-8-14-9-5-13-21-19(14)16/h1-13H,(H,22,24)(H,23,25,26). The van der Waals surface area contributed by atoms with E-state index in [1.807, 2.05) is 48.5 Å². The van der Waals surface area contributed by atoms with Crippen molar-refractivity contribution in [2.24, 2.45) is 0 Å². The molecule has 0 atom stereocenters. The highest BCUT2D eigenvalue weighted by atomic mass is 16.1. The minimum Gasteiger partial charge on any atom is -0.337 e. The number of anilines is 3. The van der Waals surface area contributed by atoms with Gasteiger partial charge in [-0.3, -0.25) is 9.78 Å². The Morgan fingerprint density at radius 1 is 0.769 bits per heavy atom. The van der Waals surface area contributed by atoms with E-state index < -0.39 is 0 Å². The fourth-order valence-electron chi connectivity index (χ4n) is 2.59. The molecule has 0 aliphatic rings. The van der Waals surface area contributed by atoms with Crippen LogP contribution in [0.4, 0.5) is 17.3 Å². The summed E-state index contributed by atoms with van der Waals surface area (Å²) in [7, 11) is 0. The summed E-state index contributed by atoms with van der Waals surface area (Å²) >= 11 is 0. The van der Waals surface area contributed by atoms with E-state index in [1.54, 1.807) is 30.5 Å². The number of nitrogens with one attached hydrogen (secondary N) is 2. The van der Waals surface area contributed by atoms with Gasteiger partial charge in [0.15, 0.2) is 11.6 Å². The number of aromatic nitrogens is 3. The van der Waals surface area contributed by atoms with Crippen molar-refractivity contribution in [2.75, 3.05) is 10.6 Å². The maximum absolute atomic E-state index is 12.1. The van der Waals surface area contributed by atoms with Crippen LogP contribution in [0, 0.1) is 0 Å². The Kier molecular flexibility index (Phi) is 4.22. The quantitative estimate of drug-likeness (QED) is 0.586. The Morgan fingerprint density at radius 2 is 1.54 bits per heavy atom. The number of hydrogen-bond donors (Lipinski definition) is 2. The number of amides is 1. The molecular formula is C20H15N5O. The molecule has 4 aromatic rings. The van der Waals surface area contributed by atoms with Crippen LogP contribution in [-0.4, -0.2) is 21.1 Å². The van der Waals surface area contributed by atoms with Crippen molar-refractivity contribution in [3.63, 3.8) is 0 Å². The highest BCUT2D eigenvalue weighted by molar-refractivity contribution is 6.03.